The van der Waals surface area contributed by atoms with E-state index in [1.165, 1.54) is 32.4 Å². The van der Waals surface area contributed by atoms with Gasteiger partial charge in [0.1, 0.15) is 11.6 Å². The van der Waals surface area contributed by atoms with E-state index in [4.69, 9.17) is 9.47 Å². The number of nitrogens with one attached hydrogen (secondary N) is 1. The molecule has 3 rings (SSSR count). The van der Waals surface area contributed by atoms with Crippen LogP contribution in [-0.2, 0) is 6.42 Å². The molecule has 0 aliphatic rings. The van der Waals surface area contributed by atoms with E-state index in [-0.39, 0.29) is 22.8 Å². The number of carbonyl (C=O) groups excluding carboxylic acids is 1. The van der Waals surface area contributed by atoms with E-state index in [0.29, 0.717) is 11.1 Å². The molecule has 0 atom stereocenters. The van der Waals surface area contributed by atoms with Crippen molar-refractivity contribution in [2.24, 2.45) is 0 Å². The summed E-state index contributed by atoms with van der Waals surface area (Å²) in [6.07, 6.45) is 3.72. The summed E-state index contributed by atoms with van der Waals surface area (Å²) in [5.41, 5.74) is 2.50. The third-order valence-corrected chi connectivity index (χ3v) is 4.79. The Balaban J connectivity index is 2.06. The minimum absolute atomic E-state index is 0.0182. The van der Waals surface area contributed by atoms with E-state index >= 15 is 0 Å². The number of methoxy groups -OCH3 is 2. The number of Topliss-reactive ketones (excluding diaryl/α,β-unsaturated/α-hetero) is 1. The Hall–Kier alpha value is -3.86. The average molecular weight is 426 g/mol. The summed E-state index contributed by atoms with van der Waals surface area (Å²) >= 11 is 0. The van der Waals surface area contributed by atoms with Crippen molar-refractivity contribution in [1.82, 2.24) is 4.98 Å². The SMILES string of the molecule is CCc1cccc2c(C(=O)/C(C#N)=C/c3cc(OC)c(OC(F)F)c(OC)c3)c[nH]c12. The molecule has 0 spiro atoms. The van der Waals surface area contributed by atoms with Gasteiger partial charge in [-0.1, -0.05) is 25.1 Å². The number of hydrogen-bond acceptors (Lipinski definition) is 5. The fraction of sp³-hybridized carbons (Fsp3) is 0.217. The van der Waals surface area contributed by atoms with E-state index in [2.05, 4.69) is 9.72 Å². The minimum atomic E-state index is -3.07. The van der Waals surface area contributed by atoms with Gasteiger partial charge in [0.05, 0.1) is 14.2 Å². The van der Waals surface area contributed by atoms with Crippen molar-refractivity contribution in [2.75, 3.05) is 14.2 Å². The molecule has 0 saturated carbocycles. The molecule has 0 bridgehead atoms. The Labute approximate surface area is 177 Å². The van der Waals surface area contributed by atoms with Crippen molar-refractivity contribution in [3.8, 4) is 23.3 Å². The van der Waals surface area contributed by atoms with Gasteiger partial charge in [0.15, 0.2) is 11.5 Å². The van der Waals surface area contributed by atoms with Gasteiger partial charge in [-0.2, -0.15) is 14.0 Å². The van der Waals surface area contributed by atoms with E-state index < -0.39 is 12.4 Å². The Kier molecular flexibility index (Phi) is 6.55. The van der Waals surface area contributed by atoms with Gasteiger partial charge in [0.2, 0.25) is 11.5 Å². The van der Waals surface area contributed by atoms with Gasteiger partial charge in [-0.3, -0.25) is 4.79 Å². The number of nitrogens with zero attached hydrogens (tertiary/aromatic N) is 1. The third-order valence-electron chi connectivity index (χ3n) is 4.79. The molecule has 0 aliphatic heterocycles. The number of ether oxygens (including phenoxy) is 3. The first-order valence-electron chi connectivity index (χ1n) is 9.39. The Bertz CT molecular complexity index is 1170. The maximum absolute atomic E-state index is 13.1. The molecule has 0 amide bonds. The number of aromatic amines is 1. The van der Waals surface area contributed by atoms with Gasteiger partial charge >= 0.3 is 6.61 Å². The molecule has 2 aromatic carbocycles. The first kappa shape index (κ1) is 21.8. The largest absolute Gasteiger partial charge is 0.493 e. The van der Waals surface area contributed by atoms with Gasteiger partial charge in [-0.05, 0) is 35.8 Å². The summed E-state index contributed by atoms with van der Waals surface area (Å²) < 4.78 is 40.2. The fourth-order valence-electron chi connectivity index (χ4n) is 3.35. The van der Waals surface area contributed by atoms with Crippen LogP contribution in [0.5, 0.6) is 17.2 Å². The first-order valence-corrected chi connectivity index (χ1v) is 9.39. The zero-order chi connectivity index (χ0) is 22.5. The van der Waals surface area contributed by atoms with Crippen LogP contribution in [0.25, 0.3) is 17.0 Å². The van der Waals surface area contributed by atoms with E-state index in [9.17, 15) is 18.8 Å². The van der Waals surface area contributed by atoms with Crippen LogP contribution in [0.4, 0.5) is 8.78 Å². The molecule has 31 heavy (non-hydrogen) atoms. The van der Waals surface area contributed by atoms with Gasteiger partial charge < -0.3 is 19.2 Å². The summed E-state index contributed by atoms with van der Waals surface area (Å²) in [6.45, 7) is -1.06. The number of carbonyl (C=O) groups is 1. The van der Waals surface area contributed by atoms with Crippen LogP contribution in [-0.4, -0.2) is 31.6 Å². The maximum atomic E-state index is 13.1. The van der Waals surface area contributed by atoms with Crippen LogP contribution in [0.15, 0.2) is 42.1 Å². The number of aryl methyl sites for hydroxylation is 1. The summed E-state index contributed by atoms with van der Waals surface area (Å²) in [5, 5.41) is 10.3. The predicted molar refractivity (Wildman–Crippen MR) is 112 cm³/mol. The normalized spacial score (nSPS) is 11.5. The molecule has 0 unspecified atom stereocenters. The molecular weight excluding hydrogens is 406 g/mol. The Morgan fingerprint density at radius 1 is 1.23 bits per heavy atom. The van der Waals surface area contributed by atoms with Crippen molar-refractivity contribution in [3.63, 3.8) is 0 Å². The van der Waals surface area contributed by atoms with Gasteiger partial charge in [-0.25, -0.2) is 0 Å². The number of ketones is 1. The number of rotatable bonds is 8. The third kappa shape index (κ3) is 4.36. The van der Waals surface area contributed by atoms with Crippen molar-refractivity contribution in [1.29, 1.82) is 5.26 Å². The van der Waals surface area contributed by atoms with Gasteiger partial charge in [0.25, 0.3) is 0 Å². The summed E-state index contributed by atoms with van der Waals surface area (Å²) in [4.78, 5) is 16.2. The van der Waals surface area contributed by atoms with Gasteiger partial charge in [0, 0.05) is 22.7 Å². The van der Waals surface area contributed by atoms with Gasteiger partial charge in [-0.15, -0.1) is 0 Å². The average Bonchev–Trinajstić information content (AvgIpc) is 3.21. The number of nitriles is 1. The molecule has 0 fully saturated rings. The quantitative estimate of drug-likeness (QED) is 0.306. The highest BCUT2D eigenvalue weighted by Crippen LogP contribution is 2.40. The smallest absolute Gasteiger partial charge is 0.387 e. The monoisotopic (exact) mass is 426 g/mol. The predicted octanol–water partition coefficient (Wildman–Crippen LogP) is 5.14. The number of alkyl halides is 2. The second kappa shape index (κ2) is 9.30. The molecule has 160 valence electrons. The number of halogens is 2. The second-order valence-corrected chi connectivity index (χ2v) is 6.53. The second-order valence-electron chi connectivity index (χ2n) is 6.53. The molecule has 0 saturated heterocycles. The van der Waals surface area contributed by atoms with E-state index in [0.717, 1.165) is 22.9 Å². The molecule has 1 aromatic heterocycles. The van der Waals surface area contributed by atoms with Crippen molar-refractivity contribution in [3.05, 3.63) is 58.8 Å². The standard InChI is InChI=1S/C23H20F2N2O4/c1-4-14-6-5-7-16-17(12-27-20(14)16)21(28)15(11-26)8-13-9-18(29-2)22(31-23(24)25)19(10-13)30-3/h5-10,12,23,27H,4H2,1-3H3/b15-8+. The lowest BCUT2D eigenvalue weighted by molar-refractivity contribution is -0.0526. The summed E-state index contributed by atoms with van der Waals surface area (Å²) in [7, 11) is 2.57. The molecule has 0 radical (unpaired) electrons. The number of hydrogen-bond donors (Lipinski definition) is 1. The van der Waals surface area contributed by atoms with Crippen LogP contribution in [0.3, 0.4) is 0 Å². The minimum Gasteiger partial charge on any atom is -0.493 e. The first-order chi connectivity index (χ1) is 14.9. The highest BCUT2D eigenvalue weighted by Gasteiger charge is 2.20. The lowest BCUT2D eigenvalue weighted by Crippen LogP contribution is -2.06. The maximum Gasteiger partial charge on any atom is 0.387 e. The van der Waals surface area contributed by atoms with Crippen LogP contribution in [0.2, 0.25) is 0 Å². The molecular formula is C23H20F2N2O4. The number of aromatic nitrogens is 1. The summed E-state index contributed by atoms with van der Waals surface area (Å²) in [5.74, 6) is -0.774. The van der Waals surface area contributed by atoms with Crippen LogP contribution >= 0.6 is 0 Å². The molecule has 1 N–H and O–H groups in total. The topological polar surface area (TPSA) is 84.3 Å². The number of fused-ring (bicyclic) bond motifs is 1. The molecule has 3 aromatic rings. The lowest BCUT2D eigenvalue weighted by atomic mass is 9.99. The van der Waals surface area contributed by atoms with E-state index in [1.54, 1.807) is 6.20 Å². The van der Waals surface area contributed by atoms with Crippen LogP contribution < -0.4 is 14.2 Å². The zero-order valence-corrected chi connectivity index (χ0v) is 17.2. The highest BCUT2D eigenvalue weighted by atomic mass is 19.3. The van der Waals surface area contributed by atoms with Crippen molar-refractivity contribution < 1.29 is 27.8 Å². The molecule has 0 aliphatic carbocycles. The molecule has 8 heteroatoms. The Morgan fingerprint density at radius 3 is 2.45 bits per heavy atom. The number of benzene rings is 2. The Morgan fingerprint density at radius 2 is 1.90 bits per heavy atom. The van der Waals surface area contributed by atoms with E-state index in [1.807, 2.05) is 31.2 Å². The zero-order valence-electron chi connectivity index (χ0n) is 17.2. The highest BCUT2D eigenvalue weighted by molar-refractivity contribution is 6.20. The fourth-order valence-corrected chi connectivity index (χ4v) is 3.35. The van der Waals surface area contributed by atoms with Crippen LogP contribution in [0, 0.1) is 11.3 Å². The van der Waals surface area contributed by atoms with Crippen molar-refractivity contribution in [2.45, 2.75) is 20.0 Å². The number of para-hydroxylation sites is 1. The molecule has 6 nitrogen and oxygen atoms in total. The van der Waals surface area contributed by atoms with Crippen molar-refractivity contribution >= 4 is 22.8 Å². The summed E-state index contributed by atoms with van der Waals surface area (Å²) in [6, 6.07) is 10.3. The van der Waals surface area contributed by atoms with Crippen LogP contribution in [0.1, 0.15) is 28.4 Å². The lowest BCUT2D eigenvalue weighted by Gasteiger charge is -2.14. The molecule has 1 heterocycles. The number of H-pyrrole nitrogens is 1. The number of allylic oxidation sites excluding steroid dienone is 1.